The van der Waals surface area contributed by atoms with Gasteiger partial charge in [-0.2, -0.15) is 0 Å². The van der Waals surface area contributed by atoms with Gasteiger partial charge in [0.2, 0.25) is 0 Å². The lowest BCUT2D eigenvalue weighted by Crippen LogP contribution is -2.09. The summed E-state index contributed by atoms with van der Waals surface area (Å²) in [4.78, 5) is 0. The van der Waals surface area contributed by atoms with Crippen molar-refractivity contribution in [2.75, 3.05) is 0 Å². The van der Waals surface area contributed by atoms with Crippen LogP contribution in [0.3, 0.4) is 0 Å². The molecule has 0 spiro atoms. The number of rotatable bonds is 1. The van der Waals surface area contributed by atoms with Crippen LogP contribution in [0, 0.1) is 5.41 Å². The summed E-state index contributed by atoms with van der Waals surface area (Å²) in [5.41, 5.74) is 6.73. The molecule has 1 atom stereocenters. The minimum absolute atomic E-state index is 0.146. The summed E-state index contributed by atoms with van der Waals surface area (Å²) in [6.45, 7) is 4.35. The highest BCUT2D eigenvalue weighted by atomic mass is 14.6. The molecule has 0 heterocycles. The zero-order valence-corrected chi connectivity index (χ0v) is 7.17. The van der Waals surface area contributed by atoms with Crippen molar-refractivity contribution in [2.24, 2.45) is 11.1 Å². The minimum atomic E-state index is 0.146. The average molecular weight is 149 g/mol. The van der Waals surface area contributed by atoms with Crippen molar-refractivity contribution >= 4 is 0 Å². The van der Waals surface area contributed by atoms with Crippen LogP contribution in [0.5, 0.6) is 0 Å². The first-order valence-corrected chi connectivity index (χ1v) is 4.00. The highest BCUT2D eigenvalue weighted by Gasteiger charge is 2.15. The number of nitrogens with two attached hydrogens (primary N) is 1. The van der Waals surface area contributed by atoms with E-state index in [1.54, 1.807) is 0 Å². The topological polar surface area (TPSA) is 26.0 Å². The molecule has 11 heavy (non-hydrogen) atoms. The standard InChI is InChI=1S/C10H15N/c1-3-10(2)7-5-4-6-9(11)8-10/h4-8H,3,11H2,1-2H3. The maximum absolute atomic E-state index is 5.72. The lowest BCUT2D eigenvalue weighted by molar-refractivity contribution is 0.528. The number of allylic oxidation sites excluding steroid dienone is 5. The van der Waals surface area contributed by atoms with Crippen LogP contribution in [0.4, 0.5) is 0 Å². The molecule has 0 amide bonds. The van der Waals surface area contributed by atoms with Gasteiger partial charge in [0, 0.05) is 11.1 Å². The third-order valence-corrected chi connectivity index (χ3v) is 2.13. The van der Waals surface area contributed by atoms with E-state index in [4.69, 9.17) is 5.73 Å². The molecule has 0 bridgehead atoms. The van der Waals surface area contributed by atoms with E-state index in [1.165, 1.54) is 0 Å². The van der Waals surface area contributed by atoms with Crippen molar-refractivity contribution < 1.29 is 0 Å². The van der Waals surface area contributed by atoms with Gasteiger partial charge in [-0.3, -0.25) is 0 Å². The zero-order chi connectivity index (χ0) is 8.32. The Morgan fingerprint density at radius 1 is 1.45 bits per heavy atom. The normalized spacial score (nSPS) is 29.8. The van der Waals surface area contributed by atoms with Crippen LogP contribution in [-0.2, 0) is 0 Å². The number of hydrogen-bond donors (Lipinski definition) is 1. The van der Waals surface area contributed by atoms with Gasteiger partial charge in [-0.05, 0) is 12.5 Å². The fraction of sp³-hybridized carbons (Fsp3) is 0.400. The highest BCUT2D eigenvalue weighted by Crippen LogP contribution is 2.27. The molecule has 1 aliphatic carbocycles. The summed E-state index contributed by atoms with van der Waals surface area (Å²) in [5, 5.41) is 0. The highest BCUT2D eigenvalue weighted by molar-refractivity contribution is 5.28. The van der Waals surface area contributed by atoms with E-state index in [0.717, 1.165) is 12.1 Å². The molecule has 1 nitrogen and oxygen atoms in total. The average Bonchev–Trinajstić information content (AvgIpc) is 2.13. The summed E-state index contributed by atoms with van der Waals surface area (Å²) < 4.78 is 0. The molecule has 1 unspecified atom stereocenters. The first-order valence-electron chi connectivity index (χ1n) is 4.00. The Labute approximate surface area is 68.3 Å². The van der Waals surface area contributed by atoms with Crippen LogP contribution in [0.2, 0.25) is 0 Å². The number of hydrogen-bond acceptors (Lipinski definition) is 1. The first-order chi connectivity index (χ1) is 5.16. The molecule has 1 heteroatoms. The van der Waals surface area contributed by atoms with Gasteiger partial charge in [0.15, 0.2) is 0 Å². The Hall–Kier alpha value is -0.980. The lowest BCUT2D eigenvalue weighted by atomic mass is 9.87. The van der Waals surface area contributed by atoms with Crippen LogP contribution < -0.4 is 5.73 Å². The largest absolute Gasteiger partial charge is 0.399 e. The van der Waals surface area contributed by atoms with Crippen molar-refractivity contribution in [3.8, 4) is 0 Å². The van der Waals surface area contributed by atoms with Gasteiger partial charge < -0.3 is 5.73 Å². The molecule has 2 N–H and O–H groups in total. The van der Waals surface area contributed by atoms with Gasteiger partial charge in [-0.15, -0.1) is 0 Å². The van der Waals surface area contributed by atoms with Crippen LogP contribution in [0.15, 0.2) is 36.1 Å². The van der Waals surface area contributed by atoms with Crippen LogP contribution in [0.1, 0.15) is 20.3 Å². The molecule has 60 valence electrons. The first kappa shape index (κ1) is 8.12. The predicted molar refractivity (Wildman–Crippen MR) is 48.9 cm³/mol. The van der Waals surface area contributed by atoms with E-state index >= 15 is 0 Å². The van der Waals surface area contributed by atoms with Crippen LogP contribution in [-0.4, -0.2) is 0 Å². The molecule has 1 rings (SSSR count). The third-order valence-electron chi connectivity index (χ3n) is 2.13. The Kier molecular flexibility index (Phi) is 2.18. The molecule has 0 aliphatic heterocycles. The molecule has 1 aliphatic rings. The molecule has 0 saturated heterocycles. The van der Waals surface area contributed by atoms with Crippen molar-refractivity contribution in [3.63, 3.8) is 0 Å². The third kappa shape index (κ3) is 1.97. The smallest absolute Gasteiger partial charge is 0.0282 e. The fourth-order valence-corrected chi connectivity index (χ4v) is 1.14. The van der Waals surface area contributed by atoms with Gasteiger partial charge in [-0.1, -0.05) is 38.2 Å². The van der Waals surface area contributed by atoms with Gasteiger partial charge in [0.1, 0.15) is 0 Å². The van der Waals surface area contributed by atoms with Gasteiger partial charge >= 0.3 is 0 Å². The Bertz CT molecular complexity index is 223. The fourth-order valence-electron chi connectivity index (χ4n) is 1.14. The maximum Gasteiger partial charge on any atom is 0.0282 e. The summed E-state index contributed by atoms with van der Waals surface area (Å²) >= 11 is 0. The Balaban J connectivity index is 2.92. The second kappa shape index (κ2) is 2.95. The summed E-state index contributed by atoms with van der Waals surface area (Å²) in [5.74, 6) is 0. The zero-order valence-electron chi connectivity index (χ0n) is 7.17. The van der Waals surface area contributed by atoms with Crippen molar-refractivity contribution in [1.82, 2.24) is 0 Å². The molecule has 0 saturated carbocycles. The van der Waals surface area contributed by atoms with Crippen LogP contribution in [0.25, 0.3) is 0 Å². The van der Waals surface area contributed by atoms with Gasteiger partial charge in [0.25, 0.3) is 0 Å². The van der Waals surface area contributed by atoms with E-state index in [9.17, 15) is 0 Å². The maximum atomic E-state index is 5.72. The summed E-state index contributed by atoms with van der Waals surface area (Å²) in [7, 11) is 0. The molecule has 0 radical (unpaired) electrons. The van der Waals surface area contributed by atoms with Crippen molar-refractivity contribution in [1.29, 1.82) is 0 Å². The van der Waals surface area contributed by atoms with E-state index < -0.39 is 0 Å². The Morgan fingerprint density at radius 3 is 2.82 bits per heavy atom. The van der Waals surface area contributed by atoms with Crippen LogP contribution >= 0.6 is 0 Å². The van der Waals surface area contributed by atoms with Gasteiger partial charge in [-0.25, -0.2) is 0 Å². The van der Waals surface area contributed by atoms with Gasteiger partial charge in [0.05, 0.1) is 0 Å². The van der Waals surface area contributed by atoms with Crippen molar-refractivity contribution in [2.45, 2.75) is 20.3 Å². The van der Waals surface area contributed by atoms with E-state index in [-0.39, 0.29) is 5.41 Å². The molecule has 0 aromatic rings. The van der Waals surface area contributed by atoms with E-state index in [1.807, 2.05) is 12.2 Å². The monoisotopic (exact) mass is 149 g/mol. The Morgan fingerprint density at radius 2 is 2.18 bits per heavy atom. The molecular weight excluding hydrogens is 134 g/mol. The molecule has 0 fully saturated rings. The van der Waals surface area contributed by atoms with E-state index in [0.29, 0.717) is 0 Å². The second-order valence-corrected chi connectivity index (χ2v) is 3.22. The van der Waals surface area contributed by atoms with Crippen molar-refractivity contribution in [3.05, 3.63) is 36.1 Å². The quantitative estimate of drug-likeness (QED) is 0.608. The van der Waals surface area contributed by atoms with E-state index in [2.05, 4.69) is 32.1 Å². The SMILES string of the molecule is CCC1(C)C=CC=CC(N)=C1. The lowest BCUT2D eigenvalue weighted by Gasteiger charge is -2.18. The summed E-state index contributed by atoms with van der Waals surface area (Å²) in [6, 6.07) is 0. The molecular formula is C10H15N. The summed E-state index contributed by atoms with van der Waals surface area (Å²) in [6.07, 6.45) is 11.3. The minimum Gasteiger partial charge on any atom is -0.399 e. The second-order valence-electron chi connectivity index (χ2n) is 3.22. The predicted octanol–water partition coefficient (Wildman–Crippen LogP) is 2.37. The molecule has 0 aromatic heterocycles. The molecule has 0 aromatic carbocycles.